The van der Waals surface area contributed by atoms with Gasteiger partial charge in [-0.3, -0.25) is 4.57 Å². The normalized spacial score (nSPS) is 20.8. The molecule has 4 heteroatoms. The van der Waals surface area contributed by atoms with Crippen LogP contribution in [0.4, 0.5) is 0 Å². The van der Waals surface area contributed by atoms with Gasteiger partial charge in [0.15, 0.2) is 0 Å². The summed E-state index contributed by atoms with van der Waals surface area (Å²) in [6.45, 7) is 0. The highest BCUT2D eigenvalue weighted by Gasteiger charge is 2.41. The van der Waals surface area contributed by atoms with Crippen LogP contribution in [-0.2, 0) is 0 Å². The average Bonchev–Trinajstić information content (AvgIpc) is 3.36. The maximum Gasteiger partial charge on any atom is 0.202 e. The first kappa shape index (κ1) is 13.2. The predicted molar refractivity (Wildman–Crippen MR) is 95.6 cm³/mol. The standard InChI is InChI=1S/C21H15NO3/c23-20-18-11-5-6-12(9-11)19(18)21(24)22(20)13-7-8-15-14-3-1-2-4-16(14)25-17(15)10-13/h1-8,10-12,23-24H,9H2/t11-,12+. The Kier molecular flexibility index (Phi) is 2.26. The van der Waals surface area contributed by atoms with Gasteiger partial charge in [0.05, 0.1) is 5.69 Å². The first-order chi connectivity index (χ1) is 12.2. The molecule has 2 bridgehead atoms. The van der Waals surface area contributed by atoms with Gasteiger partial charge in [0.2, 0.25) is 11.8 Å². The third-order valence-electron chi connectivity index (χ3n) is 5.64. The fourth-order valence-corrected chi connectivity index (χ4v) is 4.54. The number of hydrogen-bond acceptors (Lipinski definition) is 3. The number of aromatic hydroxyl groups is 2. The molecule has 0 spiro atoms. The van der Waals surface area contributed by atoms with Crippen LogP contribution in [0.25, 0.3) is 27.6 Å². The summed E-state index contributed by atoms with van der Waals surface area (Å²) in [6.07, 6.45) is 5.20. The molecule has 2 heterocycles. The molecule has 2 aliphatic carbocycles. The van der Waals surface area contributed by atoms with Crippen molar-refractivity contribution in [1.29, 1.82) is 0 Å². The zero-order chi connectivity index (χ0) is 16.7. The van der Waals surface area contributed by atoms with Crippen molar-refractivity contribution in [3.63, 3.8) is 0 Å². The number of fused-ring (bicyclic) bond motifs is 8. The summed E-state index contributed by atoms with van der Waals surface area (Å²) in [7, 11) is 0. The van der Waals surface area contributed by atoms with Crippen molar-refractivity contribution >= 4 is 21.9 Å². The lowest BCUT2D eigenvalue weighted by molar-refractivity contribution is 0.395. The van der Waals surface area contributed by atoms with Gasteiger partial charge in [0.25, 0.3) is 0 Å². The number of para-hydroxylation sites is 1. The van der Waals surface area contributed by atoms with E-state index in [0.717, 1.165) is 39.5 Å². The Morgan fingerprint density at radius 1 is 0.840 bits per heavy atom. The number of rotatable bonds is 1. The molecule has 0 radical (unpaired) electrons. The second kappa shape index (κ2) is 4.28. The van der Waals surface area contributed by atoms with Gasteiger partial charge in [-0.15, -0.1) is 0 Å². The molecular formula is C21H15NO3. The number of nitrogens with zero attached hydrogens (tertiary/aromatic N) is 1. The van der Waals surface area contributed by atoms with E-state index in [2.05, 4.69) is 12.2 Å². The number of benzene rings is 2. The molecule has 0 saturated carbocycles. The van der Waals surface area contributed by atoms with E-state index in [-0.39, 0.29) is 23.6 Å². The molecule has 2 aromatic heterocycles. The largest absolute Gasteiger partial charge is 0.494 e. The first-order valence-corrected chi connectivity index (χ1v) is 8.49. The maximum absolute atomic E-state index is 10.8. The fourth-order valence-electron chi connectivity index (χ4n) is 4.54. The van der Waals surface area contributed by atoms with E-state index in [9.17, 15) is 10.2 Å². The lowest BCUT2D eigenvalue weighted by Gasteiger charge is -2.09. The maximum atomic E-state index is 10.8. The van der Waals surface area contributed by atoms with Crippen molar-refractivity contribution in [2.45, 2.75) is 18.3 Å². The van der Waals surface area contributed by atoms with Crippen LogP contribution in [0.2, 0.25) is 0 Å². The van der Waals surface area contributed by atoms with Gasteiger partial charge in [-0.25, -0.2) is 0 Å². The zero-order valence-electron chi connectivity index (χ0n) is 13.3. The number of furan rings is 1. The quantitative estimate of drug-likeness (QED) is 0.487. The summed E-state index contributed by atoms with van der Waals surface area (Å²) in [4.78, 5) is 0. The van der Waals surface area contributed by atoms with E-state index in [4.69, 9.17) is 4.42 Å². The van der Waals surface area contributed by atoms with E-state index in [1.54, 1.807) is 0 Å². The smallest absolute Gasteiger partial charge is 0.202 e. The Morgan fingerprint density at radius 2 is 1.52 bits per heavy atom. The molecule has 6 rings (SSSR count). The highest BCUT2D eigenvalue weighted by molar-refractivity contribution is 6.05. The Bertz CT molecular complexity index is 1180. The summed E-state index contributed by atoms with van der Waals surface area (Å²) < 4.78 is 7.47. The SMILES string of the molecule is Oc1c2c(c(O)n1-c1ccc3c(c1)oc1ccccc13)[C@H]1C=C[C@@H]2C1. The molecule has 0 saturated heterocycles. The molecule has 0 aliphatic heterocycles. The fraction of sp³-hybridized carbons (Fsp3) is 0.143. The van der Waals surface area contributed by atoms with Crippen LogP contribution in [-0.4, -0.2) is 14.8 Å². The summed E-state index contributed by atoms with van der Waals surface area (Å²) >= 11 is 0. The molecule has 25 heavy (non-hydrogen) atoms. The highest BCUT2D eigenvalue weighted by Crippen LogP contribution is 2.57. The van der Waals surface area contributed by atoms with Crippen molar-refractivity contribution in [2.24, 2.45) is 0 Å². The molecule has 4 aromatic rings. The van der Waals surface area contributed by atoms with Crippen molar-refractivity contribution < 1.29 is 14.6 Å². The Balaban J connectivity index is 1.60. The van der Waals surface area contributed by atoms with Crippen LogP contribution in [0.1, 0.15) is 29.4 Å². The van der Waals surface area contributed by atoms with Gasteiger partial charge in [0, 0.05) is 39.8 Å². The minimum Gasteiger partial charge on any atom is -0.494 e. The second-order valence-corrected chi connectivity index (χ2v) is 6.92. The summed E-state index contributed by atoms with van der Waals surface area (Å²) in [5.74, 6) is 0.698. The van der Waals surface area contributed by atoms with Gasteiger partial charge in [-0.1, -0.05) is 30.4 Å². The molecule has 2 aromatic carbocycles. The van der Waals surface area contributed by atoms with E-state index < -0.39 is 0 Å². The van der Waals surface area contributed by atoms with E-state index in [1.807, 2.05) is 42.5 Å². The predicted octanol–water partition coefficient (Wildman–Crippen LogP) is 4.93. The molecule has 0 amide bonds. The molecule has 2 atom stereocenters. The monoisotopic (exact) mass is 329 g/mol. The number of allylic oxidation sites excluding steroid dienone is 2. The van der Waals surface area contributed by atoms with Crippen LogP contribution < -0.4 is 0 Å². The first-order valence-electron chi connectivity index (χ1n) is 8.49. The van der Waals surface area contributed by atoms with Crippen molar-refractivity contribution in [1.82, 2.24) is 4.57 Å². The van der Waals surface area contributed by atoms with Crippen LogP contribution in [0.5, 0.6) is 11.8 Å². The van der Waals surface area contributed by atoms with Crippen LogP contribution in [0, 0.1) is 0 Å². The van der Waals surface area contributed by atoms with Crippen molar-refractivity contribution in [3.05, 3.63) is 65.7 Å². The number of hydrogen-bond donors (Lipinski definition) is 2. The summed E-state index contributed by atoms with van der Waals surface area (Å²) in [5.41, 5.74) is 4.02. The van der Waals surface area contributed by atoms with Gasteiger partial charge in [-0.2, -0.15) is 0 Å². The minimum atomic E-state index is 0.139. The molecule has 0 unspecified atom stereocenters. The van der Waals surface area contributed by atoms with Crippen molar-refractivity contribution in [2.75, 3.05) is 0 Å². The van der Waals surface area contributed by atoms with Gasteiger partial charge < -0.3 is 14.6 Å². The molecule has 2 N–H and O–H groups in total. The lowest BCUT2D eigenvalue weighted by Crippen LogP contribution is -1.95. The third-order valence-corrected chi connectivity index (χ3v) is 5.64. The summed E-state index contributed by atoms with van der Waals surface area (Å²) in [6, 6.07) is 13.7. The molecule has 0 fully saturated rings. The topological polar surface area (TPSA) is 58.5 Å². The number of aromatic nitrogens is 1. The van der Waals surface area contributed by atoms with E-state index >= 15 is 0 Å². The Hall–Kier alpha value is -3.14. The van der Waals surface area contributed by atoms with E-state index in [0.29, 0.717) is 5.69 Å². The van der Waals surface area contributed by atoms with Gasteiger partial charge in [-0.05, 0) is 24.6 Å². The average molecular weight is 329 g/mol. The van der Waals surface area contributed by atoms with Crippen molar-refractivity contribution in [3.8, 4) is 17.4 Å². The van der Waals surface area contributed by atoms with Crippen LogP contribution in [0.3, 0.4) is 0 Å². The van der Waals surface area contributed by atoms with Crippen LogP contribution in [0.15, 0.2) is 59.0 Å². The van der Waals surface area contributed by atoms with Gasteiger partial charge >= 0.3 is 0 Å². The van der Waals surface area contributed by atoms with Gasteiger partial charge in [0.1, 0.15) is 11.2 Å². The highest BCUT2D eigenvalue weighted by atomic mass is 16.3. The molecule has 4 nitrogen and oxygen atoms in total. The second-order valence-electron chi connectivity index (χ2n) is 6.92. The minimum absolute atomic E-state index is 0.139. The Morgan fingerprint density at radius 3 is 2.28 bits per heavy atom. The van der Waals surface area contributed by atoms with Crippen LogP contribution >= 0.6 is 0 Å². The third kappa shape index (κ3) is 1.52. The summed E-state index contributed by atoms with van der Waals surface area (Å²) in [5, 5.41) is 23.6. The lowest BCUT2D eigenvalue weighted by atomic mass is 10.0. The zero-order valence-corrected chi connectivity index (χ0v) is 13.3. The Labute approximate surface area is 143 Å². The molecule has 122 valence electrons. The molecular weight excluding hydrogens is 314 g/mol. The molecule has 2 aliphatic rings. The van der Waals surface area contributed by atoms with E-state index in [1.165, 1.54) is 4.57 Å².